The highest BCUT2D eigenvalue weighted by Crippen LogP contribution is 2.29. The molecule has 2 aliphatic rings. The Bertz CT molecular complexity index is 944. The lowest BCUT2D eigenvalue weighted by atomic mass is 10.1. The SMILES string of the molecule is C[C@@H]1CN(C(=O)CCCCCn2cc(-c3ccc4c(c3)CCO4)nn2)C[C@@H](C(=O)O)O1. The highest BCUT2D eigenvalue weighted by Gasteiger charge is 2.32. The van der Waals surface area contributed by atoms with E-state index in [-0.39, 0.29) is 18.6 Å². The van der Waals surface area contributed by atoms with E-state index in [1.54, 1.807) is 11.8 Å². The van der Waals surface area contributed by atoms with Crippen LogP contribution in [0.4, 0.5) is 0 Å². The molecule has 1 saturated heterocycles. The zero-order valence-electron chi connectivity index (χ0n) is 17.7. The Kier molecular flexibility index (Phi) is 6.50. The molecule has 2 aromatic rings. The number of unbranched alkanes of at least 4 members (excludes halogenated alkanes) is 2. The molecule has 1 N–H and O–H groups in total. The van der Waals surface area contributed by atoms with Crippen molar-refractivity contribution < 1.29 is 24.2 Å². The zero-order chi connectivity index (χ0) is 21.8. The van der Waals surface area contributed by atoms with E-state index in [1.807, 2.05) is 23.0 Å². The number of rotatable bonds is 8. The number of hydrogen-bond acceptors (Lipinski definition) is 6. The standard InChI is InChI=1S/C22H28N4O5/c1-15-12-25(14-20(31-15)22(28)29)21(27)5-3-2-4-9-26-13-18(23-24-26)16-6-7-19-17(11-16)8-10-30-19/h6-7,11,13,15,20H,2-5,8-10,12,14H2,1H3,(H,28,29)/t15-,20+/m1/s1. The van der Waals surface area contributed by atoms with Crippen LogP contribution in [0.25, 0.3) is 11.3 Å². The van der Waals surface area contributed by atoms with Crippen molar-refractivity contribution in [2.24, 2.45) is 0 Å². The number of morpholine rings is 1. The Morgan fingerprint density at radius 1 is 1.23 bits per heavy atom. The molecule has 0 aliphatic carbocycles. The number of nitrogens with zero attached hydrogens (tertiary/aromatic N) is 4. The van der Waals surface area contributed by atoms with E-state index < -0.39 is 12.1 Å². The van der Waals surface area contributed by atoms with Gasteiger partial charge in [-0.1, -0.05) is 11.6 Å². The molecule has 9 heteroatoms. The Hall–Kier alpha value is -2.94. The zero-order valence-corrected chi connectivity index (χ0v) is 17.7. The van der Waals surface area contributed by atoms with Crippen LogP contribution < -0.4 is 4.74 Å². The molecule has 2 aliphatic heterocycles. The first-order valence-corrected chi connectivity index (χ1v) is 10.8. The van der Waals surface area contributed by atoms with Gasteiger partial charge in [0.1, 0.15) is 11.4 Å². The number of carbonyl (C=O) groups excluding carboxylic acids is 1. The van der Waals surface area contributed by atoms with E-state index in [4.69, 9.17) is 14.6 Å². The lowest BCUT2D eigenvalue weighted by molar-refractivity contribution is -0.166. The smallest absolute Gasteiger partial charge is 0.334 e. The van der Waals surface area contributed by atoms with Gasteiger partial charge in [-0.05, 0) is 43.5 Å². The Labute approximate surface area is 180 Å². The first-order chi connectivity index (χ1) is 15.0. The summed E-state index contributed by atoms with van der Waals surface area (Å²) in [6.45, 7) is 3.83. The lowest BCUT2D eigenvalue weighted by Crippen LogP contribution is -2.51. The van der Waals surface area contributed by atoms with Gasteiger partial charge in [0, 0.05) is 31.5 Å². The Morgan fingerprint density at radius 3 is 2.94 bits per heavy atom. The van der Waals surface area contributed by atoms with Gasteiger partial charge in [0.25, 0.3) is 0 Å². The van der Waals surface area contributed by atoms with Crippen molar-refractivity contribution in [1.82, 2.24) is 19.9 Å². The van der Waals surface area contributed by atoms with Crippen molar-refractivity contribution in [2.45, 2.75) is 57.8 Å². The van der Waals surface area contributed by atoms with Crippen molar-refractivity contribution in [3.8, 4) is 17.0 Å². The number of carboxylic acids is 1. The van der Waals surface area contributed by atoms with Crippen LogP contribution in [-0.2, 0) is 27.3 Å². The summed E-state index contributed by atoms with van der Waals surface area (Å²) < 4.78 is 12.7. The first-order valence-electron chi connectivity index (χ1n) is 10.8. The minimum Gasteiger partial charge on any atom is -0.493 e. The van der Waals surface area contributed by atoms with Crippen LogP contribution in [0, 0.1) is 0 Å². The van der Waals surface area contributed by atoms with Gasteiger partial charge in [-0.2, -0.15) is 0 Å². The van der Waals surface area contributed by atoms with Crippen LogP contribution in [0.3, 0.4) is 0 Å². The average molecular weight is 428 g/mol. The molecule has 0 unspecified atom stereocenters. The van der Waals surface area contributed by atoms with E-state index in [1.165, 1.54) is 5.56 Å². The van der Waals surface area contributed by atoms with Gasteiger partial charge < -0.3 is 19.5 Å². The van der Waals surface area contributed by atoms with Crippen LogP contribution in [0.15, 0.2) is 24.4 Å². The quantitative estimate of drug-likeness (QED) is 0.642. The molecule has 0 radical (unpaired) electrons. The van der Waals surface area contributed by atoms with Gasteiger partial charge in [0.2, 0.25) is 5.91 Å². The van der Waals surface area contributed by atoms with Crippen LogP contribution in [0.5, 0.6) is 5.75 Å². The fraction of sp³-hybridized carbons (Fsp3) is 0.545. The van der Waals surface area contributed by atoms with Crippen molar-refractivity contribution in [2.75, 3.05) is 19.7 Å². The van der Waals surface area contributed by atoms with E-state index in [9.17, 15) is 9.59 Å². The summed E-state index contributed by atoms with van der Waals surface area (Å²) in [4.78, 5) is 25.2. The molecule has 3 heterocycles. The van der Waals surface area contributed by atoms with E-state index in [2.05, 4.69) is 16.4 Å². The summed E-state index contributed by atoms with van der Waals surface area (Å²) in [5.74, 6) is -0.0782. The molecule has 1 amide bonds. The molecule has 0 bridgehead atoms. The molecule has 31 heavy (non-hydrogen) atoms. The largest absolute Gasteiger partial charge is 0.493 e. The molecular weight excluding hydrogens is 400 g/mol. The first kappa shape index (κ1) is 21.3. The summed E-state index contributed by atoms with van der Waals surface area (Å²) in [7, 11) is 0. The van der Waals surface area contributed by atoms with Gasteiger partial charge in [-0.25, -0.2) is 4.79 Å². The van der Waals surface area contributed by atoms with Gasteiger partial charge in [0.15, 0.2) is 6.10 Å². The molecule has 9 nitrogen and oxygen atoms in total. The molecule has 0 saturated carbocycles. The van der Waals surface area contributed by atoms with Crippen molar-refractivity contribution in [3.05, 3.63) is 30.0 Å². The van der Waals surface area contributed by atoms with Gasteiger partial charge in [-0.3, -0.25) is 9.48 Å². The number of carbonyl (C=O) groups is 2. The number of amides is 1. The predicted octanol–water partition coefficient (Wildman–Crippen LogP) is 2.14. The molecule has 2 atom stereocenters. The summed E-state index contributed by atoms with van der Waals surface area (Å²) in [5, 5.41) is 17.6. The number of fused-ring (bicyclic) bond motifs is 1. The summed E-state index contributed by atoms with van der Waals surface area (Å²) in [5.41, 5.74) is 3.10. The highest BCUT2D eigenvalue weighted by atomic mass is 16.5. The Morgan fingerprint density at radius 2 is 2.10 bits per heavy atom. The van der Waals surface area contributed by atoms with E-state index in [0.29, 0.717) is 13.0 Å². The number of aromatic nitrogens is 3. The fourth-order valence-electron chi connectivity index (χ4n) is 4.06. The molecule has 1 aromatic carbocycles. The number of ether oxygens (including phenoxy) is 2. The molecule has 0 spiro atoms. The average Bonchev–Trinajstić information content (AvgIpc) is 3.41. The van der Waals surface area contributed by atoms with Crippen molar-refractivity contribution in [3.63, 3.8) is 0 Å². The monoisotopic (exact) mass is 428 g/mol. The molecule has 1 fully saturated rings. The van der Waals surface area contributed by atoms with Gasteiger partial charge in [-0.15, -0.1) is 5.10 Å². The van der Waals surface area contributed by atoms with Crippen molar-refractivity contribution in [1.29, 1.82) is 0 Å². The second kappa shape index (κ2) is 9.47. The minimum absolute atomic E-state index is 0.00923. The summed E-state index contributed by atoms with van der Waals surface area (Å²) >= 11 is 0. The predicted molar refractivity (Wildman–Crippen MR) is 112 cm³/mol. The topological polar surface area (TPSA) is 107 Å². The molecular formula is C22H28N4O5. The maximum Gasteiger partial charge on any atom is 0.334 e. The maximum atomic E-state index is 12.4. The summed E-state index contributed by atoms with van der Waals surface area (Å²) in [6, 6.07) is 6.11. The second-order valence-electron chi connectivity index (χ2n) is 8.17. The maximum absolute atomic E-state index is 12.4. The third-order valence-electron chi connectivity index (χ3n) is 5.69. The normalized spacial score (nSPS) is 20.4. The summed E-state index contributed by atoms with van der Waals surface area (Å²) in [6.07, 6.45) is 4.63. The molecule has 166 valence electrons. The third kappa shape index (κ3) is 5.22. The third-order valence-corrected chi connectivity index (χ3v) is 5.69. The van der Waals surface area contributed by atoms with Crippen LogP contribution in [0.2, 0.25) is 0 Å². The van der Waals surface area contributed by atoms with Crippen molar-refractivity contribution >= 4 is 11.9 Å². The van der Waals surface area contributed by atoms with Crippen LogP contribution >= 0.6 is 0 Å². The highest BCUT2D eigenvalue weighted by molar-refractivity contribution is 5.78. The number of carboxylic acid groups (broad SMARTS) is 1. The minimum atomic E-state index is -1.02. The molecule has 1 aromatic heterocycles. The number of aryl methyl sites for hydroxylation is 1. The number of hydrogen-bond donors (Lipinski definition) is 1. The van der Waals surface area contributed by atoms with Gasteiger partial charge >= 0.3 is 5.97 Å². The van der Waals surface area contributed by atoms with E-state index >= 15 is 0 Å². The number of aliphatic carboxylic acids is 1. The van der Waals surface area contributed by atoms with Gasteiger partial charge in [0.05, 0.1) is 25.5 Å². The Balaban J connectivity index is 1.19. The fourth-order valence-corrected chi connectivity index (χ4v) is 4.06. The number of benzene rings is 1. The van der Waals surface area contributed by atoms with E-state index in [0.717, 1.165) is 55.8 Å². The van der Waals surface area contributed by atoms with Crippen LogP contribution in [-0.4, -0.2) is 68.8 Å². The second-order valence-corrected chi connectivity index (χ2v) is 8.17. The lowest BCUT2D eigenvalue weighted by Gasteiger charge is -2.35. The van der Waals surface area contributed by atoms with Crippen LogP contribution in [0.1, 0.15) is 38.2 Å². The molecule has 4 rings (SSSR count).